The van der Waals surface area contributed by atoms with E-state index in [0.717, 1.165) is 25.9 Å². The third-order valence-corrected chi connectivity index (χ3v) is 3.95. The lowest BCUT2D eigenvalue weighted by Gasteiger charge is -2.26. The van der Waals surface area contributed by atoms with Crippen LogP contribution >= 0.6 is 0 Å². The Hall–Kier alpha value is -1.31. The van der Waals surface area contributed by atoms with E-state index in [1.807, 2.05) is 0 Å². The maximum Gasteiger partial charge on any atom is 0.0970 e. The molecule has 3 rings (SSSR count). The first-order valence-electron chi connectivity index (χ1n) is 6.76. The third kappa shape index (κ3) is 2.36. The average Bonchev–Trinajstić information content (AvgIpc) is 2.73. The summed E-state index contributed by atoms with van der Waals surface area (Å²) in [7, 11) is 0. The second kappa shape index (κ2) is 4.91. The standard InChI is InChI=1S/C15H20N2/c1-2-5-12-6-4-7-13(14(12)8-3-1)11-15-16-9-10-17-15/h1-3,8,13H,4-7,9-11H2,(H,16,17). The summed E-state index contributed by atoms with van der Waals surface area (Å²) in [6.45, 7) is 2.00. The molecule has 17 heavy (non-hydrogen) atoms. The normalized spacial score (nSPS) is 27.5. The zero-order valence-corrected chi connectivity index (χ0v) is 10.3. The maximum atomic E-state index is 4.53. The molecule has 0 amide bonds. The molecule has 90 valence electrons. The SMILES string of the molecule is C1=CCC2=C(C=C1)C(CC1=NCCN1)CCC2. The van der Waals surface area contributed by atoms with Gasteiger partial charge in [0.15, 0.2) is 0 Å². The Morgan fingerprint density at radius 3 is 3.24 bits per heavy atom. The highest BCUT2D eigenvalue weighted by molar-refractivity contribution is 5.84. The number of nitrogens with zero attached hydrogens (tertiary/aromatic N) is 1. The fourth-order valence-corrected chi connectivity index (χ4v) is 3.10. The fraction of sp³-hybridized carbons (Fsp3) is 0.533. The molecule has 0 aromatic rings. The summed E-state index contributed by atoms with van der Waals surface area (Å²) >= 11 is 0. The van der Waals surface area contributed by atoms with Crippen LogP contribution in [0.3, 0.4) is 0 Å². The second-order valence-electron chi connectivity index (χ2n) is 5.10. The Bertz CT molecular complexity index is 413. The van der Waals surface area contributed by atoms with E-state index in [9.17, 15) is 0 Å². The highest BCUT2D eigenvalue weighted by Crippen LogP contribution is 2.36. The maximum absolute atomic E-state index is 4.53. The van der Waals surface area contributed by atoms with Gasteiger partial charge in [-0.15, -0.1) is 0 Å². The Morgan fingerprint density at radius 2 is 2.35 bits per heavy atom. The zero-order chi connectivity index (χ0) is 11.5. The summed E-state index contributed by atoms with van der Waals surface area (Å²) in [5, 5.41) is 3.40. The number of hydrogen-bond donors (Lipinski definition) is 1. The van der Waals surface area contributed by atoms with Gasteiger partial charge in [0.05, 0.1) is 12.4 Å². The van der Waals surface area contributed by atoms with Crippen molar-refractivity contribution in [2.75, 3.05) is 13.1 Å². The van der Waals surface area contributed by atoms with Gasteiger partial charge in [-0.25, -0.2) is 0 Å². The number of hydrogen-bond acceptors (Lipinski definition) is 2. The molecule has 2 aliphatic carbocycles. The number of aliphatic imine (C=N–C) groups is 1. The predicted octanol–water partition coefficient (Wildman–Crippen LogP) is 2.99. The van der Waals surface area contributed by atoms with Crippen LogP contribution < -0.4 is 5.32 Å². The van der Waals surface area contributed by atoms with Gasteiger partial charge >= 0.3 is 0 Å². The van der Waals surface area contributed by atoms with Crippen LogP contribution in [-0.2, 0) is 0 Å². The Balaban J connectivity index is 1.79. The molecule has 0 spiro atoms. The predicted molar refractivity (Wildman–Crippen MR) is 72.2 cm³/mol. The molecule has 2 heteroatoms. The molecule has 1 aliphatic heterocycles. The van der Waals surface area contributed by atoms with Gasteiger partial charge in [0.2, 0.25) is 0 Å². The highest BCUT2D eigenvalue weighted by atomic mass is 15.1. The number of rotatable bonds is 2. The van der Waals surface area contributed by atoms with E-state index in [1.165, 1.54) is 25.1 Å². The van der Waals surface area contributed by atoms with Crippen molar-refractivity contribution in [2.45, 2.75) is 32.1 Å². The van der Waals surface area contributed by atoms with Gasteiger partial charge in [-0.05, 0) is 37.2 Å². The lowest BCUT2D eigenvalue weighted by molar-refractivity contribution is 0.516. The summed E-state index contributed by atoms with van der Waals surface area (Å²) in [5.74, 6) is 1.92. The van der Waals surface area contributed by atoms with Gasteiger partial charge in [-0.2, -0.15) is 0 Å². The number of allylic oxidation sites excluding steroid dienone is 6. The van der Waals surface area contributed by atoms with E-state index in [-0.39, 0.29) is 0 Å². The van der Waals surface area contributed by atoms with Crippen LogP contribution in [0, 0.1) is 5.92 Å². The van der Waals surface area contributed by atoms with Crippen LogP contribution in [0.25, 0.3) is 0 Å². The summed E-state index contributed by atoms with van der Waals surface area (Å²) in [5.41, 5.74) is 3.25. The van der Waals surface area contributed by atoms with Gasteiger partial charge in [0.25, 0.3) is 0 Å². The van der Waals surface area contributed by atoms with Crippen molar-refractivity contribution >= 4 is 5.84 Å². The quantitative estimate of drug-likeness (QED) is 0.772. The molecule has 0 bridgehead atoms. The summed E-state index contributed by atoms with van der Waals surface area (Å²) in [4.78, 5) is 4.53. The lowest BCUT2D eigenvalue weighted by Crippen LogP contribution is -2.23. The molecule has 2 nitrogen and oxygen atoms in total. The van der Waals surface area contributed by atoms with E-state index in [2.05, 4.69) is 34.6 Å². The highest BCUT2D eigenvalue weighted by Gasteiger charge is 2.23. The van der Waals surface area contributed by atoms with Crippen molar-refractivity contribution in [3.05, 3.63) is 35.5 Å². The molecule has 0 saturated heterocycles. The first-order chi connectivity index (χ1) is 8.43. The largest absolute Gasteiger partial charge is 0.372 e. The van der Waals surface area contributed by atoms with Crippen molar-refractivity contribution in [3.63, 3.8) is 0 Å². The molecule has 1 N–H and O–H groups in total. The lowest BCUT2D eigenvalue weighted by atomic mass is 9.80. The van der Waals surface area contributed by atoms with Gasteiger partial charge in [-0.3, -0.25) is 4.99 Å². The summed E-state index contributed by atoms with van der Waals surface area (Å²) in [6.07, 6.45) is 15.2. The third-order valence-electron chi connectivity index (χ3n) is 3.95. The van der Waals surface area contributed by atoms with Crippen molar-refractivity contribution in [1.82, 2.24) is 5.32 Å². The van der Waals surface area contributed by atoms with Gasteiger partial charge < -0.3 is 5.32 Å². The molecule has 1 unspecified atom stereocenters. The van der Waals surface area contributed by atoms with E-state index in [4.69, 9.17) is 0 Å². The Labute approximate surface area is 103 Å². The Kier molecular flexibility index (Phi) is 3.12. The van der Waals surface area contributed by atoms with E-state index < -0.39 is 0 Å². The number of nitrogens with one attached hydrogen (secondary N) is 1. The molecule has 3 aliphatic rings. The van der Waals surface area contributed by atoms with Gasteiger partial charge in [0, 0.05) is 13.0 Å². The minimum absolute atomic E-state index is 0.694. The van der Waals surface area contributed by atoms with Crippen LogP contribution in [-0.4, -0.2) is 18.9 Å². The summed E-state index contributed by atoms with van der Waals surface area (Å²) < 4.78 is 0. The van der Waals surface area contributed by atoms with Crippen LogP contribution in [0.4, 0.5) is 0 Å². The second-order valence-corrected chi connectivity index (χ2v) is 5.10. The van der Waals surface area contributed by atoms with Crippen molar-refractivity contribution in [2.24, 2.45) is 10.9 Å². The van der Waals surface area contributed by atoms with E-state index >= 15 is 0 Å². The smallest absolute Gasteiger partial charge is 0.0970 e. The molecule has 0 aromatic carbocycles. The average molecular weight is 228 g/mol. The first kappa shape index (κ1) is 10.8. The monoisotopic (exact) mass is 228 g/mol. The minimum atomic E-state index is 0.694. The molecular weight excluding hydrogens is 208 g/mol. The Morgan fingerprint density at radius 1 is 1.35 bits per heavy atom. The van der Waals surface area contributed by atoms with Crippen LogP contribution in [0.15, 0.2) is 40.4 Å². The first-order valence-corrected chi connectivity index (χ1v) is 6.76. The molecule has 0 radical (unpaired) electrons. The molecular formula is C15H20N2. The van der Waals surface area contributed by atoms with Crippen molar-refractivity contribution in [1.29, 1.82) is 0 Å². The molecule has 0 fully saturated rings. The molecule has 0 aromatic heterocycles. The van der Waals surface area contributed by atoms with Crippen molar-refractivity contribution in [3.8, 4) is 0 Å². The van der Waals surface area contributed by atoms with Crippen LogP contribution in [0.5, 0.6) is 0 Å². The van der Waals surface area contributed by atoms with Gasteiger partial charge in [-0.1, -0.05) is 29.9 Å². The van der Waals surface area contributed by atoms with Crippen LogP contribution in [0.1, 0.15) is 32.1 Å². The molecule has 1 atom stereocenters. The topological polar surface area (TPSA) is 24.4 Å². The van der Waals surface area contributed by atoms with E-state index in [1.54, 1.807) is 11.1 Å². The van der Waals surface area contributed by atoms with Gasteiger partial charge in [0.1, 0.15) is 0 Å². The zero-order valence-electron chi connectivity index (χ0n) is 10.3. The fourth-order valence-electron chi connectivity index (χ4n) is 3.10. The molecule has 0 saturated carbocycles. The minimum Gasteiger partial charge on any atom is -0.372 e. The van der Waals surface area contributed by atoms with E-state index in [0.29, 0.717) is 5.92 Å². The number of amidine groups is 1. The molecule has 1 heterocycles. The van der Waals surface area contributed by atoms with Crippen LogP contribution in [0.2, 0.25) is 0 Å². The summed E-state index contributed by atoms with van der Waals surface area (Å²) in [6, 6.07) is 0. The van der Waals surface area contributed by atoms with Crippen molar-refractivity contribution < 1.29 is 0 Å².